The predicted octanol–water partition coefficient (Wildman–Crippen LogP) is 2.56. The Bertz CT molecular complexity index is 1130. The van der Waals surface area contributed by atoms with Gasteiger partial charge in [-0.2, -0.15) is 13.2 Å². The molecule has 34 heavy (non-hydrogen) atoms. The molecule has 2 aromatic heterocycles. The average Bonchev–Trinajstić information content (AvgIpc) is 3.29. The molecule has 0 aromatic carbocycles. The molecule has 2 saturated heterocycles. The minimum Gasteiger partial charge on any atom is -0.462 e. The number of piperazine rings is 1. The van der Waals surface area contributed by atoms with Crippen molar-refractivity contribution in [1.29, 1.82) is 0 Å². The first-order chi connectivity index (χ1) is 16.1. The summed E-state index contributed by atoms with van der Waals surface area (Å²) in [7, 11) is 0. The summed E-state index contributed by atoms with van der Waals surface area (Å²) in [6, 6.07) is 3.58. The molecule has 0 radical (unpaired) electrons. The van der Waals surface area contributed by atoms with E-state index in [4.69, 9.17) is 9.47 Å². The molecule has 1 atom stereocenters. The summed E-state index contributed by atoms with van der Waals surface area (Å²) in [5, 5.41) is 6.57. The van der Waals surface area contributed by atoms with Crippen molar-refractivity contribution >= 4 is 34.8 Å². The summed E-state index contributed by atoms with van der Waals surface area (Å²) in [5.74, 6) is -3.00. The quantitative estimate of drug-likeness (QED) is 0.400. The molecule has 9 nitrogen and oxygen atoms in total. The summed E-state index contributed by atoms with van der Waals surface area (Å²) in [6.45, 7) is 2.97. The van der Waals surface area contributed by atoms with E-state index >= 15 is 0 Å². The molecular weight excluding hydrogens is 455 g/mol. The van der Waals surface area contributed by atoms with E-state index in [1.54, 1.807) is 32.3 Å². The number of hydrogen-bond donors (Lipinski definition) is 1. The van der Waals surface area contributed by atoms with Gasteiger partial charge in [0.1, 0.15) is 5.65 Å². The van der Waals surface area contributed by atoms with Crippen molar-refractivity contribution in [2.24, 2.45) is 11.0 Å². The number of hydrazone groups is 1. The molecule has 12 heteroatoms. The first-order valence-corrected chi connectivity index (χ1v) is 10.8. The monoisotopic (exact) mass is 479 g/mol. The number of carbonyl (C=O) groups excluding carboxylic acids is 2. The van der Waals surface area contributed by atoms with E-state index in [1.165, 1.54) is 16.0 Å². The Morgan fingerprint density at radius 3 is 2.76 bits per heavy atom. The lowest BCUT2D eigenvalue weighted by atomic mass is 10.0. The van der Waals surface area contributed by atoms with Gasteiger partial charge in [0.2, 0.25) is 17.6 Å². The molecule has 0 bridgehead atoms. The highest BCUT2D eigenvalue weighted by Crippen LogP contribution is 2.28. The number of Topliss-reactive ketones (excluding diaryl/α,β-unsaturated/α-hetero) is 1. The van der Waals surface area contributed by atoms with E-state index in [2.05, 4.69) is 15.1 Å². The third-order valence-corrected chi connectivity index (χ3v) is 5.32. The van der Waals surface area contributed by atoms with E-state index in [1.807, 2.05) is 6.07 Å². The van der Waals surface area contributed by atoms with E-state index in [9.17, 15) is 22.8 Å². The van der Waals surface area contributed by atoms with Crippen LogP contribution >= 0.6 is 0 Å². The number of nitrogens with one attached hydrogen (secondary N) is 1. The molecule has 1 N–H and O–H groups in total. The van der Waals surface area contributed by atoms with Crippen LogP contribution in [0.1, 0.15) is 19.4 Å². The van der Waals surface area contributed by atoms with Crippen LogP contribution in [0.4, 0.5) is 13.2 Å². The highest BCUT2D eigenvalue weighted by Gasteiger charge is 2.46. The highest BCUT2D eigenvalue weighted by atomic mass is 19.4. The number of fused-ring (bicyclic) bond motifs is 1. The number of hydrogen-bond acceptors (Lipinski definition) is 8. The second-order valence-corrected chi connectivity index (χ2v) is 8.32. The van der Waals surface area contributed by atoms with Crippen LogP contribution in [0, 0.1) is 5.92 Å². The molecule has 0 amide bonds. The zero-order chi connectivity index (χ0) is 24.5. The second kappa shape index (κ2) is 9.45. The number of aromatic amines is 1. The van der Waals surface area contributed by atoms with Crippen molar-refractivity contribution in [1.82, 2.24) is 19.9 Å². The minimum atomic E-state index is -4.28. The van der Waals surface area contributed by atoms with Gasteiger partial charge < -0.3 is 14.5 Å². The van der Waals surface area contributed by atoms with Gasteiger partial charge in [-0.15, -0.1) is 5.10 Å². The maximum atomic E-state index is 13.1. The smallest absolute Gasteiger partial charge is 0.401 e. The van der Waals surface area contributed by atoms with Gasteiger partial charge in [0.15, 0.2) is 5.76 Å². The van der Waals surface area contributed by atoms with Crippen molar-refractivity contribution in [3.8, 4) is 0 Å². The Morgan fingerprint density at radius 1 is 1.35 bits per heavy atom. The van der Waals surface area contributed by atoms with Crippen molar-refractivity contribution in [3.05, 3.63) is 35.8 Å². The molecule has 2 aliphatic rings. The van der Waals surface area contributed by atoms with Crippen molar-refractivity contribution in [2.45, 2.75) is 26.1 Å². The van der Waals surface area contributed by atoms with E-state index < -0.39 is 36.5 Å². The fourth-order valence-corrected chi connectivity index (χ4v) is 3.79. The zero-order valence-corrected chi connectivity index (χ0v) is 18.6. The summed E-state index contributed by atoms with van der Waals surface area (Å²) < 4.78 is 48.9. The molecule has 0 saturated carbocycles. The van der Waals surface area contributed by atoms with Crippen LogP contribution in [0.5, 0.6) is 0 Å². The fraction of sp³-hybridized carbons (Fsp3) is 0.455. The third kappa shape index (κ3) is 5.38. The Morgan fingerprint density at radius 2 is 2.09 bits per heavy atom. The first-order valence-electron chi connectivity index (χ1n) is 10.8. The van der Waals surface area contributed by atoms with Gasteiger partial charge in [-0.05, 0) is 32.1 Å². The van der Waals surface area contributed by atoms with E-state index in [0.717, 1.165) is 5.39 Å². The maximum absolute atomic E-state index is 13.1. The molecule has 1 unspecified atom stereocenters. The number of esters is 1. The van der Waals surface area contributed by atoms with Crippen LogP contribution in [0.2, 0.25) is 0 Å². The van der Waals surface area contributed by atoms with Gasteiger partial charge >= 0.3 is 12.1 Å². The number of aromatic nitrogens is 2. The number of rotatable bonds is 5. The number of H-pyrrole nitrogens is 1. The highest BCUT2D eigenvalue weighted by molar-refractivity contribution is 6.27. The molecule has 4 heterocycles. The molecule has 2 aliphatic heterocycles. The number of ketones is 1. The van der Waals surface area contributed by atoms with Crippen LogP contribution in [0.25, 0.3) is 17.1 Å². The average molecular weight is 479 g/mol. The van der Waals surface area contributed by atoms with Crippen LogP contribution in [0.15, 0.2) is 35.4 Å². The lowest BCUT2D eigenvalue weighted by molar-refractivity contribution is -0.152. The SMILES string of the molecule is CC(C)OC(=O)C1C(=O)/C(=C/c2c[nH]c3ncccc23)OC1=NN1CCN(CC(F)(F)F)CC1. The second-order valence-electron chi connectivity index (χ2n) is 8.32. The summed E-state index contributed by atoms with van der Waals surface area (Å²) in [6.07, 6.45) is 0.0583. The minimum absolute atomic E-state index is 0.0788. The third-order valence-electron chi connectivity index (χ3n) is 5.32. The van der Waals surface area contributed by atoms with Crippen LogP contribution in [-0.2, 0) is 19.1 Å². The molecular formula is C22H24F3N5O4. The molecule has 2 fully saturated rings. The maximum Gasteiger partial charge on any atom is 0.401 e. The Hall–Kier alpha value is -3.41. The van der Waals surface area contributed by atoms with Gasteiger partial charge in [-0.25, -0.2) is 4.98 Å². The Labute approximate surface area is 193 Å². The Kier molecular flexibility index (Phi) is 6.60. The van der Waals surface area contributed by atoms with Gasteiger partial charge in [0, 0.05) is 49.5 Å². The van der Waals surface area contributed by atoms with E-state index in [-0.39, 0.29) is 37.8 Å². The number of allylic oxidation sites excluding steroid dienone is 1. The van der Waals surface area contributed by atoms with Gasteiger partial charge in [-0.3, -0.25) is 19.5 Å². The summed E-state index contributed by atoms with van der Waals surface area (Å²) >= 11 is 0. The van der Waals surface area contributed by atoms with Crippen LogP contribution < -0.4 is 0 Å². The van der Waals surface area contributed by atoms with Crippen molar-refractivity contribution < 1.29 is 32.2 Å². The molecule has 0 spiro atoms. The van der Waals surface area contributed by atoms with Crippen molar-refractivity contribution in [3.63, 3.8) is 0 Å². The van der Waals surface area contributed by atoms with Crippen molar-refractivity contribution in [2.75, 3.05) is 32.7 Å². The molecule has 2 aromatic rings. The summed E-state index contributed by atoms with van der Waals surface area (Å²) in [5.41, 5.74) is 1.27. The van der Waals surface area contributed by atoms with Crippen LogP contribution in [-0.4, -0.2) is 82.5 Å². The number of pyridine rings is 1. The largest absolute Gasteiger partial charge is 0.462 e. The van der Waals surface area contributed by atoms with Gasteiger partial charge in [0.25, 0.3) is 0 Å². The molecule has 182 valence electrons. The lowest BCUT2D eigenvalue weighted by Gasteiger charge is -2.33. The number of ether oxygens (including phenoxy) is 2. The van der Waals surface area contributed by atoms with E-state index in [0.29, 0.717) is 11.2 Å². The zero-order valence-electron chi connectivity index (χ0n) is 18.6. The number of nitrogens with zero attached hydrogens (tertiary/aromatic N) is 4. The van der Waals surface area contributed by atoms with Crippen LogP contribution in [0.3, 0.4) is 0 Å². The normalized spacial score (nSPS) is 22.2. The first kappa shape index (κ1) is 23.7. The standard InChI is InChI=1S/C22H24F3N5O4/c1-13(2)33-21(32)17-18(31)16(10-14-11-27-19-15(14)4-3-5-26-19)34-20(17)28-30-8-6-29(7-9-30)12-22(23,24)25/h3-5,10-11,13,17H,6-9,12H2,1-2H3,(H,26,27)/b16-10-,28-20?. The Balaban J connectivity index is 1.57. The molecule has 4 rings (SSSR count). The number of alkyl halides is 3. The topological polar surface area (TPSA) is 100 Å². The fourth-order valence-electron chi connectivity index (χ4n) is 3.79. The summed E-state index contributed by atoms with van der Waals surface area (Å²) in [4.78, 5) is 34.3. The predicted molar refractivity (Wildman–Crippen MR) is 116 cm³/mol. The van der Waals surface area contributed by atoms with Gasteiger partial charge in [0.05, 0.1) is 12.6 Å². The number of halogens is 3. The number of carbonyl (C=O) groups is 2. The lowest BCUT2D eigenvalue weighted by Crippen LogP contribution is -2.47. The van der Waals surface area contributed by atoms with Gasteiger partial charge in [-0.1, -0.05) is 0 Å². The molecule has 0 aliphatic carbocycles.